The first-order chi connectivity index (χ1) is 19.3. The zero-order valence-corrected chi connectivity index (χ0v) is 20.9. The fourth-order valence-corrected chi connectivity index (χ4v) is 6.27. The van der Waals surface area contributed by atoms with E-state index in [9.17, 15) is 0 Å². The molecular formula is C36H21NO2. The Morgan fingerprint density at radius 3 is 1.95 bits per heavy atom. The summed E-state index contributed by atoms with van der Waals surface area (Å²) in [7, 11) is 0. The van der Waals surface area contributed by atoms with Gasteiger partial charge in [-0.3, -0.25) is 0 Å². The monoisotopic (exact) mass is 499 g/mol. The second kappa shape index (κ2) is 7.62. The van der Waals surface area contributed by atoms with Crippen LogP contribution in [0.3, 0.4) is 0 Å². The summed E-state index contributed by atoms with van der Waals surface area (Å²) in [6.45, 7) is 0. The maximum atomic E-state index is 6.88. The minimum absolute atomic E-state index is 0.845. The second-order valence-electron chi connectivity index (χ2n) is 10.1. The van der Waals surface area contributed by atoms with Crippen molar-refractivity contribution in [1.82, 2.24) is 4.57 Å². The molecule has 6 aromatic carbocycles. The van der Waals surface area contributed by atoms with Gasteiger partial charge < -0.3 is 13.4 Å². The molecule has 0 spiro atoms. The topological polar surface area (TPSA) is 31.2 Å². The molecule has 0 radical (unpaired) electrons. The summed E-state index contributed by atoms with van der Waals surface area (Å²) in [4.78, 5) is 0. The Kier molecular flexibility index (Phi) is 4.05. The first kappa shape index (κ1) is 20.7. The van der Waals surface area contributed by atoms with Gasteiger partial charge in [0.2, 0.25) is 0 Å². The smallest absolute Gasteiger partial charge is 0.147 e. The van der Waals surface area contributed by atoms with E-state index in [0.717, 1.165) is 66.0 Å². The standard InChI is InChI=1S/C36H21NO2/c1-3-9-22(10-4-1)23-15-18-29-28(21-23)33-30(37(29)24-11-5-2-6-12-24)19-16-25-26-17-20-32-34(36(26)39-35(25)33)27-13-7-8-14-31(27)38-32/h1-21H. The molecule has 9 aromatic rings. The highest BCUT2D eigenvalue weighted by atomic mass is 16.3. The van der Waals surface area contributed by atoms with Gasteiger partial charge in [-0.25, -0.2) is 0 Å². The van der Waals surface area contributed by atoms with Gasteiger partial charge in [-0.2, -0.15) is 0 Å². The maximum Gasteiger partial charge on any atom is 0.147 e. The molecule has 0 bridgehead atoms. The number of fused-ring (bicyclic) bond motifs is 11. The predicted molar refractivity (Wildman–Crippen MR) is 161 cm³/mol. The van der Waals surface area contributed by atoms with Crippen LogP contribution >= 0.6 is 0 Å². The molecule has 0 N–H and O–H groups in total. The first-order valence-corrected chi connectivity index (χ1v) is 13.2. The maximum absolute atomic E-state index is 6.88. The van der Waals surface area contributed by atoms with Crippen molar-refractivity contribution in [2.45, 2.75) is 0 Å². The van der Waals surface area contributed by atoms with E-state index in [4.69, 9.17) is 8.83 Å². The Hall–Kier alpha value is -5.28. The van der Waals surface area contributed by atoms with Gasteiger partial charge in [0.1, 0.15) is 22.3 Å². The van der Waals surface area contributed by atoms with E-state index in [1.807, 2.05) is 12.1 Å². The zero-order valence-electron chi connectivity index (χ0n) is 20.9. The number of furan rings is 2. The quantitative estimate of drug-likeness (QED) is 0.237. The van der Waals surface area contributed by atoms with Gasteiger partial charge in [0, 0.05) is 27.2 Å². The van der Waals surface area contributed by atoms with Gasteiger partial charge in [-0.15, -0.1) is 0 Å². The van der Waals surface area contributed by atoms with Gasteiger partial charge in [-0.05, 0) is 65.7 Å². The van der Waals surface area contributed by atoms with Crippen LogP contribution in [0.1, 0.15) is 0 Å². The molecule has 182 valence electrons. The second-order valence-corrected chi connectivity index (χ2v) is 10.1. The van der Waals surface area contributed by atoms with Crippen LogP contribution in [0.2, 0.25) is 0 Å². The summed E-state index contributed by atoms with van der Waals surface area (Å²) in [5.74, 6) is 0. The van der Waals surface area contributed by atoms with Gasteiger partial charge >= 0.3 is 0 Å². The van der Waals surface area contributed by atoms with Crippen LogP contribution < -0.4 is 0 Å². The van der Waals surface area contributed by atoms with Crippen molar-refractivity contribution in [1.29, 1.82) is 0 Å². The minimum atomic E-state index is 0.845. The van der Waals surface area contributed by atoms with E-state index in [1.165, 1.54) is 16.5 Å². The SMILES string of the molecule is c1ccc(-c2ccc3c(c2)c2c4oc5c(ccc6oc7ccccc7c65)c4ccc2n3-c2ccccc2)cc1. The molecule has 0 saturated carbocycles. The largest absolute Gasteiger partial charge is 0.456 e. The highest BCUT2D eigenvalue weighted by molar-refractivity contribution is 6.28. The molecule has 0 amide bonds. The number of aromatic nitrogens is 1. The lowest BCUT2D eigenvalue weighted by atomic mass is 10.0. The van der Waals surface area contributed by atoms with Crippen molar-refractivity contribution >= 4 is 65.7 Å². The van der Waals surface area contributed by atoms with Gasteiger partial charge in [-0.1, -0.05) is 72.8 Å². The number of hydrogen-bond donors (Lipinski definition) is 0. The van der Waals surface area contributed by atoms with Crippen LogP contribution in [0.25, 0.3) is 82.5 Å². The minimum Gasteiger partial charge on any atom is -0.456 e. The van der Waals surface area contributed by atoms with Crippen molar-refractivity contribution < 1.29 is 8.83 Å². The third-order valence-corrected chi connectivity index (χ3v) is 7.99. The number of benzene rings is 6. The van der Waals surface area contributed by atoms with Crippen LogP contribution in [-0.2, 0) is 0 Å². The fourth-order valence-electron chi connectivity index (χ4n) is 6.27. The molecule has 0 aliphatic carbocycles. The molecule has 39 heavy (non-hydrogen) atoms. The zero-order chi connectivity index (χ0) is 25.5. The summed E-state index contributed by atoms with van der Waals surface area (Å²) < 4.78 is 15.4. The van der Waals surface area contributed by atoms with Crippen LogP contribution in [-0.4, -0.2) is 4.57 Å². The van der Waals surface area contributed by atoms with Crippen LogP contribution in [0.4, 0.5) is 0 Å². The molecule has 3 heteroatoms. The number of hydrogen-bond acceptors (Lipinski definition) is 2. The lowest BCUT2D eigenvalue weighted by Gasteiger charge is -2.08. The number of nitrogens with zero attached hydrogens (tertiary/aromatic N) is 1. The Bertz CT molecular complexity index is 2370. The Morgan fingerprint density at radius 1 is 0.410 bits per heavy atom. The first-order valence-electron chi connectivity index (χ1n) is 13.2. The van der Waals surface area contributed by atoms with Gasteiger partial charge in [0.15, 0.2) is 0 Å². The Labute approximate surface area is 223 Å². The molecule has 0 aliphatic rings. The molecular weight excluding hydrogens is 478 g/mol. The third-order valence-electron chi connectivity index (χ3n) is 7.99. The summed E-state index contributed by atoms with van der Waals surface area (Å²) in [5, 5.41) is 6.62. The van der Waals surface area contributed by atoms with E-state index in [1.54, 1.807) is 0 Å². The fraction of sp³-hybridized carbons (Fsp3) is 0. The Morgan fingerprint density at radius 2 is 1.10 bits per heavy atom. The summed E-state index contributed by atoms with van der Waals surface area (Å²) in [5.41, 5.74) is 9.29. The van der Waals surface area contributed by atoms with Crippen molar-refractivity contribution in [3.63, 3.8) is 0 Å². The average molecular weight is 500 g/mol. The summed E-state index contributed by atoms with van der Waals surface area (Å²) in [6, 6.07) is 44.7. The van der Waals surface area contributed by atoms with Crippen LogP contribution in [0.15, 0.2) is 136 Å². The Balaban J connectivity index is 1.47. The molecule has 3 nitrogen and oxygen atoms in total. The lowest BCUT2D eigenvalue weighted by Crippen LogP contribution is -1.92. The summed E-state index contributed by atoms with van der Waals surface area (Å²) >= 11 is 0. The molecule has 3 heterocycles. The average Bonchev–Trinajstić information content (AvgIpc) is 3.66. The van der Waals surface area contributed by atoms with E-state index in [2.05, 4.69) is 120 Å². The highest BCUT2D eigenvalue weighted by Crippen LogP contribution is 2.44. The molecule has 9 rings (SSSR count). The lowest BCUT2D eigenvalue weighted by molar-refractivity contribution is 0.664. The highest BCUT2D eigenvalue weighted by Gasteiger charge is 2.21. The van der Waals surface area contributed by atoms with Gasteiger partial charge in [0.25, 0.3) is 0 Å². The number of rotatable bonds is 2. The third kappa shape index (κ3) is 2.82. The molecule has 0 fully saturated rings. The summed E-state index contributed by atoms with van der Waals surface area (Å²) in [6.07, 6.45) is 0. The molecule has 0 unspecified atom stereocenters. The molecule has 0 atom stereocenters. The predicted octanol–water partition coefficient (Wildman–Crippen LogP) is 10.2. The van der Waals surface area contributed by atoms with Crippen LogP contribution in [0, 0.1) is 0 Å². The van der Waals surface area contributed by atoms with E-state index in [0.29, 0.717) is 0 Å². The van der Waals surface area contributed by atoms with Crippen molar-refractivity contribution in [2.75, 3.05) is 0 Å². The van der Waals surface area contributed by atoms with Crippen molar-refractivity contribution in [3.8, 4) is 16.8 Å². The van der Waals surface area contributed by atoms with E-state index < -0.39 is 0 Å². The molecule has 3 aromatic heterocycles. The molecule has 0 saturated heterocycles. The van der Waals surface area contributed by atoms with Crippen LogP contribution in [0.5, 0.6) is 0 Å². The van der Waals surface area contributed by atoms with E-state index >= 15 is 0 Å². The number of para-hydroxylation sites is 2. The molecule has 0 aliphatic heterocycles. The van der Waals surface area contributed by atoms with Crippen molar-refractivity contribution in [2.24, 2.45) is 0 Å². The normalized spacial score (nSPS) is 12.1. The van der Waals surface area contributed by atoms with E-state index in [-0.39, 0.29) is 0 Å². The van der Waals surface area contributed by atoms with Gasteiger partial charge in [0.05, 0.1) is 21.8 Å². The van der Waals surface area contributed by atoms with Crippen molar-refractivity contribution in [3.05, 3.63) is 127 Å².